The summed E-state index contributed by atoms with van der Waals surface area (Å²) < 4.78 is 1.39. The maximum atomic E-state index is 14.2. The smallest absolute Gasteiger partial charge is 0.243 e. The Kier molecular flexibility index (Phi) is 18.9. The van der Waals surface area contributed by atoms with Crippen LogP contribution in [-0.2, 0) is 48.2 Å². The normalized spacial score (nSPS) is 14.2. The number of carbonyl (C=O) groups excluding carboxylic acids is 6. The second-order valence-corrected chi connectivity index (χ2v) is 15.1. The summed E-state index contributed by atoms with van der Waals surface area (Å²) in [5, 5.41) is 17.6. The van der Waals surface area contributed by atoms with Gasteiger partial charge in [0, 0.05) is 19.4 Å². The highest BCUT2D eigenvalue weighted by molar-refractivity contribution is 5.96. The van der Waals surface area contributed by atoms with Gasteiger partial charge in [-0.2, -0.15) is 5.10 Å². The largest absolute Gasteiger partial charge is 0.370 e. The first-order valence-electron chi connectivity index (χ1n) is 19.6. The van der Waals surface area contributed by atoms with Crippen LogP contribution in [0.5, 0.6) is 0 Å². The minimum Gasteiger partial charge on any atom is -0.370 e. The average Bonchev–Trinajstić information content (AvgIpc) is 3.70. The number of nitrogens with two attached hydrogens (primary N) is 4. The van der Waals surface area contributed by atoms with Crippen molar-refractivity contribution in [2.24, 2.45) is 39.8 Å². The Morgan fingerprint density at radius 1 is 0.678 bits per heavy atom. The average molecular weight is 818 g/mol. The number of carbonyl (C=O) groups is 6. The number of primary amides is 1. The molecule has 6 atom stereocenters. The van der Waals surface area contributed by atoms with Gasteiger partial charge in [-0.1, -0.05) is 88.4 Å². The number of aromatic nitrogens is 3. The van der Waals surface area contributed by atoms with Crippen LogP contribution in [0.3, 0.4) is 0 Å². The van der Waals surface area contributed by atoms with Crippen molar-refractivity contribution in [3.8, 4) is 0 Å². The highest BCUT2D eigenvalue weighted by Crippen LogP contribution is 2.12. The molecule has 13 N–H and O–H groups in total. The lowest BCUT2D eigenvalue weighted by Gasteiger charge is -2.29. The molecule has 0 aliphatic carbocycles. The summed E-state index contributed by atoms with van der Waals surface area (Å²) in [5.74, 6) is -4.68. The summed E-state index contributed by atoms with van der Waals surface area (Å²) in [5.41, 5.74) is 24.2. The third kappa shape index (κ3) is 16.6. The van der Waals surface area contributed by atoms with Gasteiger partial charge in [0.1, 0.15) is 48.9 Å². The molecule has 3 aromatic rings. The van der Waals surface area contributed by atoms with Crippen LogP contribution in [0.4, 0.5) is 0 Å². The number of amides is 6. The maximum Gasteiger partial charge on any atom is 0.243 e. The van der Waals surface area contributed by atoms with E-state index in [0.29, 0.717) is 0 Å². The first-order valence-corrected chi connectivity index (χ1v) is 19.6. The van der Waals surface area contributed by atoms with Gasteiger partial charge in [-0.25, -0.2) is 4.98 Å². The number of nitrogens with one attached hydrogen (secondary N) is 5. The zero-order valence-corrected chi connectivity index (χ0v) is 34.0. The molecule has 0 bridgehead atoms. The molecule has 0 radical (unpaired) electrons. The topological polar surface area (TPSA) is 310 Å². The molecule has 0 saturated carbocycles. The molecule has 320 valence electrons. The van der Waals surface area contributed by atoms with Crippen LogP contribution in [-0.4, -0.2) is 99.0 Å². The fourth-order valence-corrected chi connectivity index (χ4v) is 6.09. The van der Waals surface area contributed by atoms with Crippen molar-refractivity contribution < 1.29 is 28.8 Å². The molecule has 2 aromatic carbocycles. The van der Waals surface area contributed by atoms with E-state index in [4.69, 9.17) is 22.9 Å². The molecular weight excluding hydrogens is 759 g/mol. The maximum absolute atomic E-state index is 14.2. The lowest BCUT2D eigenvalue weighted by molar-refractivity contribution is -0.135. The van der Waals surface area contributed by atoms with Gasteiger partial charge < -0.3 is 49.5 Å². The Labute approximate surface area is 344 Å². The van der Waals surface area contributed by atoms with Gasteiger partial charge >= 0.3 is 0 Å². The molecule has 1 heterocycles. The number of benzene rings is 2. The van der Waals surface area contributed by atoms with E-state index in [9.17, 15) is 28.8 Å². The van der Waals surface area contributed by atoms with Crippen LogP contribution in [0.1, 0.15) is 58.1 Å². The summed E-state index contributed by atoms with van der Waals surface area (Å²) >= 11 is 0. The van der Waals surface area contributed by atoms with Crippen molar-refractivity contribution >= 4 is 41.4 Å². The van der Waals surface area contributed by atoms with Gasteiger partial charge in [0.2, 0.25) is 35.4 Å². The van der Waals surface area contributed by atoms with E-state index >= 15 is 0 Å². The first-order chi connectivity index (χ1) is 28.0. The van der Waals surface area contributed by atoms with Crippen LogP contribution in [0.15, 0.2) is 78.3 Å². The predicted octanol–water partition coefficient (Wildman–Crippen LogP) is -1.24. The number of guanidine groups is 1. The van der Waals surface area contributed by atoms with E-state index in [0.717, 1.165) is 11.1 Å². The number of rotatable bonds is 24. The summed E-state index contributed by atoms with van der Waals surface area (Å²) in [6.45, 7) is 7.37. The monoisotopic (exact) mass is 817 g/mol. The molecule has 1 aromatic heterocycles. The second-order valence-electron chi connectivity index (χ2n) is 15.1. The van der Waals surface area contributed by atoms with Crippen LogP contribution < -0.4 is 49.5 Å². The molecule has 19 heteroatoms. The van der Waals surface area contributed by atoms with Crippen molar-refractivity contribution in [2.45, 2.75) is 103 Å². The van der Waals surface area contributed by atoms with Gasteiger partial charge in [0.05, 0.1) is 6.54 Å². The standard InChI is InChI=1S/C40H59N13O6/c1-24(2)18-31(37(57)48-29(16-11-17-46-40(43)44)36(56)49-30(34(42)54)19-26-12-7-5-8-13-26)50-38(58)32(20-27-14-9-6-10-15-27)51-39(59)33(25(3)4)52-35(55)28(41)21-53-23-45-22-47-53/h5-10,12-15,22-25,28-33H,11,16-21,41H2,1-4H3,(H2,42,54)(H,48,57)(H,49,56)(H,50,58)(H,51,59)(H,52,55)(H4,43,44,46)/t28-,29+,30+,31+,32+,33+/m1/s1. The van der Waals surface area contributed by atoms with Crippen molar-refractivity contribution in [1.29, 1.82) is 0 Å². The summed E-state index contributed by atoms with van der Waals surface area (Å²) in [7, 11) is 0. The molecule has 0 aliphatic heterocycles. The molecule has 0 unspecified atom stereocenters. The van der Waals surface area contributed by atoms with E-state index in [1.165, 1.54) is 17.3 Å². The van der Waals surface area contributed by atoms with E-state index in [2.05, 4.69) is 41.7 Å². The van der Waals surface area contributed by atoms with Gasteiger partial charge in [-0.15, -0.1) is 0 Å². The summed E-state index contributed by atoms with van der Waals surface area (Å²) in [4.78, 5) is 89.1. The lowest BCUT2D eigenvalue weighted by atomic mass is 9.99. The zero-order chi connectivity index (χ0) is 43.5. The molecule has 6 amide bonds. The molecule has 19 nitrogen and oxygen atoms in total. The molecule has 0 fully saturated rings. The SMILES string of the molecule is CC(C)C[C@H](NC(=O)[C@H](Cc1ccccc1)NC(=O)[C@@H](NC(=O)[C@H](N)Cn1cncn1)C(C)C)C(=O)N[C@@H](CCCN=C(N)N)C(=O)N[C@@H](Cc1ccccc1)C(N)=O. The Morgan fingerprint density at radius 2 is 1.20 bits per heavy atom. The highest BCUT2D eigenvalue weighted by atomic mass is 16.2. The van der Waals surface area contributed by atoms with Gasteiger partial charge in [0.25, 0.3) is 0 Å². The summed E-state index contributed by atoms with van der Waals surface area (Å²) in [6, 6.07) is 11.2. The van der Waals surface area contributed by atoms with Crippen LogP contribution in [0.25, 0.3) is 0 Å². The fraction of sp³-hybridized carbons (Fsp3) is 0.475. The van der Waals surface area contributed by atoms with Crippen molar-refractivity contribution in [1.82, 2.24) is 41.3 Å². The minimum atomic E-state index is -1.19. The summed E-state index contributed by atoms with van der Waals surface area (Å²) in [6.07, 6.45) is 3.41. The number of hydrogen-bond donors (Lipinski definition) is 9. The van der Waals surface area contributed by atoms with Crippen LogP contribution in [0, 0.1) is 11.8 Å². The zero-order valence-electron chi connectivity index (χ0n) is 34.0. The molecule has 3 rings (SSSR count). The predicted molar refractivity (Wildman–Crippen MR) is 221 cm³/mol. The number of aliphatic imine (C=N–C) groups is 1. The second kappa shape index (κ2) is 23.8. The third-order valence-corrected chi connectivity index (χ3v) is 9.21. The van der Waals surface area contributed by atoms with Crippen molar-refractivity contribution in [3.63, 3.8) is 0 Å². The van der Waals surface area contributed by atoms with Crippen molar-refractivity contribution in [2.75, 3.05) is 6.54 Å². The van der Waals surface area contributed by atoms with E-state index in [-0.39, 0.29) is 57.1 Å². The molecule has 59 heavy (non-hydrogen) atoms. The number of nitrogens with zero attached hydrogens (tertiary/aromatic N) is 4. The Balaban J connectivity index is 1.84. The van der Waals surface area contributed by atoms with Gasteiger partial charge in [0.15, 0.2) is 5.96 Å². The van der Waals surface area contributed by atoms with Crippen molar-refractivity contribution in [3.05, 3.63) is 84.4 Å². The number of hydrogen-bond acceptors (Lipinski definition) is 10. The fourth-order valence-electron chi connectivity index (χ4n) is 6.09. The minimum absolute atomic E-state index is 0.0226. The molecule has 0 spiro atoms. The van der Waals surface area contributed by atoms with E-state index in [1.807, 2.05) is 26.0 Å². The van der Waals surface area contributed by atoms with Crippen LogP contribution >= 0.6 is 0 Å². The molecule has 0 saturated heterocycles. The van der Waals surface area contributed by atoms with Gasteiger partial charge in [-0.05, 0) is 42.2 Å². The quantitative estimate of drug-likeness (QED) is 0.0292. The third-order valence-electron chi connectivity index (χ3n) is 9.21. The lowest BCUT2D eigenvalue weighted by Crippen LogP contribution is -2.60. The Morgan fingerprint density at radius 3 is 1.73 bits per heavy atom. The van der Waals surface area contributed by atoms with Crippen LogP contribution in [0.2, 0.25) is 0 Å². The first kappa shape index (κ1) is 47.0. The van der Waals surface area contributed by atoms with E-state index in [1.54, 1.807) is 62.4 Å². The molecule has 0 aliphatic rings. The molecular formula is C40H59N13O6. The van der Waals surface area contributed by atoms with Gasteiger partial charge in [-0.3, -0.25) is 38.4 Å². The highest BCUT2D eigenvalue weighted by Gasteiger charge is 2.34. The Bertz CT molecular complexity index is 1840. The van der Waals surface area contributed by atoms with E-state index < -0.39 is 77.6 Å². The Hall–Kier alpha value is -6.37.